The Kier molecular flexibility index (Phi) is 11.8. The second-order valence-corrected chi connectivity index (χ2v) is 18.8. The Balaban J connectivity index is 0.829. The van der Waals surface area contributed by atoms with E-state index in [0.29, 0.717) is 71.6 Å². The number of H-pyrrole nitrogens is 2. The van der Waals surface area contributed by atoms with Gasteiger partial charge in [0, 0.05) is 48.3 Å². The van der Waals surface area contributed by atoms with E-state index < -0.39 is 24.3 Å². The molecule has 10 rings (SSSR count). The topological polar surface area (TPSA) is 193 Å². The fourth-order valence-corrected chi connectivity index (χ4v) is 11.1. The molecule has 4 amide bonds. The molecule has 6 aliphatic rings. The largest absolute Gasteiger partial charge is 0.453 e. The van der Waals surface area contributed by atoms with E-state index in [1.807, 2.05) is 58.3 Å². The first kappa shape index (κ1) is 42.8. The third kappa shape index (κ3) is 8.22. The van der Waals surface area contributed by atoms with Crippen molar-refractivity contribution in [2.24, 2.45) is 23.7 Å². The van der Waals surface area contributed by atoms with Crippen molar-refractivity contribution in [1.82, 2.24) is 40.4 Å². The molecule has 4 N–H and O–H groups in total. The number of amides is 4. The van der Waals surface area contributed by atoms with Crippen molar-refractivity contribution in [1.29, 1.82) is 0 Å². The number of aromatic amines is 2. The maximum absolute atomic E-state index is 14.3. The summed E-state index contributed by atoms with van der Waals surface area (Å²) in [6.45, 7) is 2.07. The van der Waals surface area contributed by atoms with Gasteiger partial charge in [0.25, 0.3) is 0 Å². The number of ether oxygens (including phenoxy) is 4. The minimum atomic E-state index is -0.764. The summed E-state index contributed by atoms with van der Waals surface area (Å²) < 4.78 is 21.2. The number of rotatable bonds is 11. The van der Waals surface area contributed by atoms with Gasteiger partial charge in [-0.1, -0.05) is 71.7 Å². The number of benzene rings is 2. The molecule has 2 aromatic carbocycles. The average molecular weight is 916 g/mol. The molecule has 10 atom stereocenters. The van der Waals surface area contributed by atoms with Crippen LogP contribution >= 0.6 is 23.2 Å². The lowest BCUT2D eigenvalue weighted by Crippen LogP contribution is -2.54. The Morgan fingerprint density at radius 3 is 1.39 bits per heavy atom. The number of nitrogens with zero attached hydrogens (tertiary/aromatic N) is 4. The highest BCUT2D eigenvalue weighted by atomic mass is 35.5. The average Bonchev–Trinajstić information content (AvgIpc) is 4.04. The highest BCUT2D eigenvalue weighted by molar-refractivity contribution is 6.32. The summed E-state index contributed by atoms with van der Waals surface area (Å²) in [6, 6.07) is 14.0. The van der Waals surface area contributed by atoms with E-state index in [4.69, 9.17) is 52.1 Å². The van der Waals surface area contributed by atoms with Crippen LogP contribution < -0.4 is 10.6 Å². The van der Waals surface area contributed by atoms with Gasteiger partial charge in [-0.3, -0.25) is 9.59 Å². The monoisotopic (exact) mass is 914 g/mol. The lowest BCUT2D eigenvalue weighted by Gasteiger charge is -2.35. The number of halogens is 2. The van der Waals surface area contributed by atoms with E-state index in [-0.39, 0.29) is 47.8 Å². The van der Waals surface area contributed by atoms with Crippen molar-refractivity contribution in [2.75, 3.05) is 40.6 Å². The molecule has 64 heavy (non-hydrogen) atoms. The molecule has 4 aliphatic heterocycles. The Hall–Kier alpha value is -5.16. The molecule has 2 aromatic heterocycles. The van der Waals surface area contributed by atoms with Gasteiger partial charge in [0.05, 0.1) is 39.5 Å². The zero-order valence-electron chi connectivity index (χ0n) is 35.7. The molecule has 0 bridgehead atoms. The molecule has 2 saturated carbocycles. The van der Waals surface area contributed by atoms with Crippen molar-refractivity contribution in [3.05, 3.63) is 70.5 Å². The molecule has 16 nitrogen and oxygen atoms in total. The van der Waals surface area contributed by atoms with Gasteiger partial charge < -0.3 is 49.3 Å². The highest BCUT2D eigenvalue weighted by Crippen LogP contribution is 2.55. The minimum absolute atomic E-state index is 0.0881. The Labute approximate surface area is 380 Å². The molecule has 18 heteroatoms. The number of nitrogens with one attached hydrogen (secondary N) is 4. The van der Waals surface area contributed by atoms with Gasteiger partial charge in [-0.25, -0.2) is 19.6 Å². The molecule has 4 aromatic rings. The third-order valence-corrected chi connectivity index (χ3v) is 14.7. The molecule has 338 valence electrons. The number of hydrogen-bond acceptors (Lipinski definition) is 10. The quantitative estimate of drug-likeness (QED) is 0.121. The maximum Gasteiger partial charge on any atom is 0.407 e. The predicted molar refractivity (Wildman–Crippen MR) is 235 cm³/mol. The van der Waals surface area contributed by atoms with Gasteiger partial charge in [0.2, 0.25) is 11.8 Å². The van der Waals surface area contributed by atoms with Crippen LogP contribution in [0.3, 0.4) is 0 Å². The van der Waals surface area contributed by atoms with E-state index in [9.17, 15) is 19.2 Å². The molecule has 0 spiro atoms. The molecule has 6 heterocycles. The molecule has 2 aliphatic carbocycles. The van der Waals surface area contributed by atoms with Crippen LogP contribution in [0.1, 0.15) is 75.1 Å². The van der Waals surface area contributed by atoms with E-state index in [0.717, 1.165) is 73.6 Å². The van der Waals surface area contributed by atoms with Crippen LogP contribution in [0.4, 0.5) is 9.59 Å². The van der Waals surface area contributed by atoms with Crippen LogP contribution in [0.5, 0.6) is 0 Å². The summed E-state index contributed by atoms with van der Waals surface area (Å²) in [4.78, 5) is 73.5. The number of piperidine rings is 2. The van der Waals surface area contributed by atoms with Crippen LogP contribution in [-0.2, 0) is 28.5 Å². The van der Waals surface area contributed by atoms with Crippen molar-refractivity contribution in [2.45, 2.75) is 87.6 Å². The summed E-state index contributed by atoms with van der Waals surface area (Å²) in [5.41, 5.74) is 4.81. The summed E-state index contributed by atoms with van der Waals surface area (Å²) in [6.07, 6.45) is 5.26. The summed E-state index contributed by atoms with van der Waals surface area (Å²) >= 11 is 13.6. The van der Waals surface area contributed by atoms with Crippen LogP contribution in [-0.4, -0.2) is 119 Å². The van der Waals surface area contributed by atoms with E-state index in [2.05, 4.69) is 20.6 Å². The van der Waals surface area contributed by atoms with Gasteiger partial charge in [0.1, 0.15) is 45.4 Å². The Morgan fingerprint density at radius 1 is 0.641 bits per heavy atom. The summed E-state index contributed by atoms with van der Waals surface area (Å²) in [5, 5.41) is 6.39. The van der Waals surface area contributed by atoms with Crippen LogP contribution in [0.2, 0.25) is 10.3 Å². The fraction of sp³-hybridized carbons (Fsp3) is 0.522. The number of methoxy groups -OCH3 is 2. The molecule has 6 fully saturated rings. The minimum Gasteiger partial charge on any atom is -0.453 e. The number of fused-ring (bicyclic) bond motifs is 2. The number of carbonyl (C=O) groups excluding carboxylic acids is 4. The molecule has 1 unspecified atom stereocenters. The van der Waals surface area contributed by atoms with Crippen LogP contribution in [0.15, 0.2) is 48.5 Å². The lowest BCUT2D eigenvalue weighted by molar-refractivity contribution is -0.139. The zero-order valence-corrected chi connectivity index (χ0v) is 37.2. The molecule has 4 saturated heterocycles. The van der Waals surface area contributed by atoms with Crippen molar-refractivity contribution >= 4 is 47.2 Å². The first-order chi connectivity index (χ1) is 31.1. The van der Waals surface area contributed by atoms with Gasteiger partial charge in [-0.2, -0.15) is 0 Å². The van der Waals surface area contributed by atoms with E-state index >= 15 is 0 Å². The first-order valence-corrected chi connectivity index (χ1v) is 23.1. The zero-order chi connectivity index (χ0) is 44.2. The number of carbonyl (C=O) groups is 4. The van der Waals surface area contributed by atoms with E-state index in [1.165, 1.54) is 14.2 Å². The van der Waals surface area contributed by atoms with Gasteiger partial charge >= 0.3 is 12.2 Å². The van der Waals surface area contributed by atoms with Gasteiger partial charge in [-0.05, 0) is 74.3 Å². The number of imidazole rings is 2. The molecule has 0 radical (unpaired) electrons. The SMILES string of the molecule is COC(=O)NC(C(=O)N1[C@@H]2C[C@@H]2C[C@H]1c1nc(-c2ccc(-c3ccc(-c4nc([C@@H]5C[C@H]6C[C@H]6N5C(=O)[C@H](NC(=O)OC)[C@H]5CCCOC5)[nH]c4Cl)cc3)cc2)c(Cl)[nH]1)[C@@H]1CCCOC1. The smallest absolute Gasteiger partial charge is 0.407 e. The van der Waals surface area contributed by atoms with Crippen molar-refractivity contribution < 1.29 is 38.1 Å². The number of likely N-dealkylation sites (tertiary alicyclic amines) is 2. The van der Waals surface area contributed by atoms with Crippen molar-refractivity contribution in [3.8, 4) is 33.6 Å². The fourth-order valence-electron chi connectivity index (χ4n) is 10.6. The van der Waals surface area contributed by atoms with Gasteiger partial charge in [-0.15, -0.1) is 0 Å². The maximum atomic E-state index is 14.3. The third-order valence-electron chi connectivity index (χ3n) is 14.1. The molecular formula is C46H52Cl2N8O8. The van der Waals surface area contributed by atoms with E-state index in [1.54, 1.807) is 0 Å². The molecular weight excluding hydrogens is 863 g/mol. The summed E-state index contributed by atoms with van der Waals surface area (Å²) in [7, 11) is 2.59. The normalized spacial score (nSPS) is 27.8. The summed E-state index contributed by atoms with van der Waals surface area (Å²) in [5.74, 6) is 1.38. The predicted octanol–water partition coefficient (Wildman–Crippen LogP) is 7.07. The van der Waals surface area contributed by atoms with Crippen molar-refractivity contribution in [3.63, 3.8) is 0 Å². The number of aromatic nitrogens is 4. The number of alkyl carbamates (subject to hydrolysis) is 2. The van der Waals surface area contributed by atoms with Crippen LogP contribution in [0.25, 0.3) is 33.6 Å². The second-order valence-electron chi connectivity index (χ2n) is 18.0. The Bertz CT molecular complexity index is 2230. The van der Waals surface area contributed by atoms with Crippen LogP contribution in [0, 0.1) is 23.7 Å². The standard InChI is InChI=1S/C46H52Cl2N8O8/c1-61-45(59)51-37(27-5-3-15-63-21-27)43(57)55-31-17-29(31)19-33(55)41-49-35(39(47)53-41)25-11-7-23(8-12-25)24-9-13-26(14-10-24)36-40(48)54-42(50-36)34-20-30-18-32(30)56(34)44(58)38(52-46(60)62-2)28-6-4-16-64-22-28/h7-14,27-34,37-38H,3-6,15-22H2,1-2H3,(H,49,53)(H,50,54)(H,51,59)(H,52,60)/t27-,28+,29-,30-,31-,32-,33+,34+,37?,38-/m1/s1. The lowest BCUT2D eigenvalue weighted by atomic mass is 9.92. The number of hydrogen-bond donors (Lipinski definition) is 4. The highest BCUT2D eigenvalue weighted by Gasteiger charge is 2.58. The Morgan fingerprint density at radius 2 is 1.03 bits per heavy atom. The first-order valence-electron chi connectivity index (χ1n) is 22.3. The van der Waals surface area contributed by atoms with Gasteiger partial charge in [0.15, 0.2) is 0 Å². The second kappa shape index (κ2) is 17.7.